The molecule has 1 aliphatic rings. The van der Waals surface area contributed by atoms with Gasteiger partial charge in [-0.3, -0.25) is 9.89 Å². The Morgan fingerprint density at radius 3 is 3.00 bits per heavy atom. The van der Waals surface area contributed by atoms with Crippen LogP contribution in [-0.2, 0) is 21.4 Å². The highest BCUT2D eigenvalue weighted by Crippen LogP contribution is 2.45. The van der Waals surface area contributed by atoms with Gasteiger partial charge in [-0.15, -0.1) is 0 Å². The number of fused-ring (bicyclic) bond motifs is 1. The van der Waals surface area contributed by atoms with Crippen LogP contribution in [0.5, 0.6) is 0 Å². The number of rotatable bonds is 2. The summed E-state index contributed by atoms with van der Waals surface area (Å²) in [6, 6.07) is 4.81. The number of aryl methyl sites for hydroxylation is 1. The first kappa shape index (κ1) is 12.8. The summed E-state index contributed by atoms with van der Waals surface area (Å²) in [7, 11) is 1.36. The molecule has 1 unspecified atom stereocenters. The number of carbonyl (C=O) groups is 1. The van der Waals surface area contributed by atoms with Gasteiger partial charge >= 0.3 is 5.97 Å². The summed E-state index contributed by atoms with van der Waals surface area (Å²) in [4.78, 5) is 12.5. The quantitative estimate of drug-likeness (QED) is 0.855. The summed E-state index contributed by atoms with van der Waals surface area (Å²) in [5, 5.41) is 6.95. The lowest BCUT2D eigenvalue weighted by atomic mass is 9.74. The van der Waals surface area contributed by atoms with Crippen molar-refractivity contribution in [1.29, 1.82) is 0 Å². The van der Waals surface area contributed by atoms with Crippen LogP contribution in [0.1, 0.15) is 28.8 Å². The molecule has 0 spiro atoms. The number of carbonyl (C=O) groups excluding carboxylic acids is 1. The number of halogens is 1. The molecule has 1 aliphatic carbocycles. The number of esters is 1. The molecule has 1 aromatic carbocycles. The topological polar surface area (TPSA) is 55.0 Å². The zero-order valence-electron chi connectivity index (χ0n) is 11.4. The van der Waals surface area contributed by atoms with Gasteiger partial charge in [-0.2, -0.15) is 5.10 Å². The Bertz CT molecular complexity index is 680. The van der Waals surface area contributed by atoms with E-state index in [1.54, 1.807) is 25.3 Å². The maximum atomic E-state index is 13.9. The van der Waals surface area contributed by atoms with Gasteiger partial charge in [-0.05, 0) is 37.0 Å². The number of ether oxygens (including phenoxy) is 1. The van der Waals surface area contributed by atoms with Gasteiger partial charge in [0.2, 0.25) is 0 Å². The lowest BCUT2D eigenvalue weighted by Crippen LogP contribution is -2.36. The Labute approximate surface area is 116 Å². The summed E-state index contributed by atoms with van der Waals surface area (Å²) < 4.78 is 18.9. The van der Waals surface area contributed by atoms with E-state index in [9.17, 15) is 9.18 Å². The molecule has 2 aromatic rings. The molecule has 1 N–H and O–H groups in total. The van der Waals surface area contributed by atoms with Crippen molar-refractivity contribution < 1.29 is 13.9 Å². The molecule has 1 atom stereocenters. The van der Waals surface area contributed by atoms with E-state index < -0.39 is 5.41 Å². The monoisotopic (exact) mass is 274 g/mol. The number of nitrogens with zero attached hydrogens (tertiary/aromatic N) is 1. The third kappa shape index (κ3) is 1.52. The van der Waals surface area contributed by atoms with Crippen LogP contribution in [0.3, 0.4) is 0 Å². The van der Waals surface area contributed by atoms with Crippen molar-refractivity contribution in [2.24, 2.45) is 0 Å². The van der Waals surface area contributed by atoms with Gasteiger partial charge < -0.3 is 4.74 Å². The van der Waals surface area contributed by atoms with E-state index in [4.69, 9.17) is 4.74 Å². The minimum absolute atomic E-state index is 0.317. The molecule has 0 saturated carbocycles. The number of hydrogen-bond donors (Lipinski definition) is 1. The van der Waals surface area contributed by atoms with Crippen molar-refractivity contribution in [3.05, 3.63) is 52.6 Å². The molecule has 20 heavy (non-hydrogen) atoms. The molecular weight excluding hydrogens is 259 g/mol. The van der Waals surface area contributed by atoms with Crippen molar-refractivity contribution in [2.45, 2.75) is 25.2 Å². The highest BCUT2D eigenvalue weighted by molar-refractivity contribution is 5.89. The minimum atomic E-state index is -0.955. The second-order valence-electron chi connectivity index (χ2n) is 5.05. The maximum Gasteiger partial charge on any atom is 0.320 e. The normalized spacial score (nSPS) is 20.8. The van der Waals surface area contributed by atoms with E-state index in [0.717, 1.165) is 11.3 Å². The first-order chi connectivity index (χ1) is 9.61. The van der Waals surface area contributed by atoms with E-state index in [2.05, 4.69) is 10.2 Å². The third-order valence-electron chi connectivity index (χ3n) is 4.18. The predicted octanol–water partition coefficient (Wildman–Crippen LogP) is 2.26. The van der Waals surface area contributed by atoms with Crippen molar-refractivity contribution in [3.63, 3.8) is 0 Å². The lowest BCUT2D eigenvalue weighted by molar-refractivity contribution is -0.145. The fraction of sp³-hybridized carbons (Fsp3) is 0.333. The largest absolute Gasteiger partial charge is 0.468 e. The first-order valence-electron chi connectivity index (χ1n) is 6.48. The van der Waals surface area contributed by atoms with Crippen molar-refractivity contribution in [1.82, 2.24) is 10.2 Å². The number of hydrogen-bond acceptors (Lipinski definition) is 3. The number of nitrogens with one attached hydrogen (secondary N) is 1. The van der Waals surface area contributed by atoms with Crippen LogP contribution in [-0.4, -0.2) is 23.3 Å². The zero-order valence-corrected chi connectivity index (χ0v) is 11.4. The third-order valence-corrected chi connectivity index (χ3v) is 4.18. The van der Waals surface area contributed by atoms with Crippen LogP contribution in [0.25, 0.3) is 0 Å². The van der Waals surface area contributed by atoms with E-state index in [-0.39, 0.29) is 11.8 Å². The average molecular weight is 274 g/mol. The van der Waals surface area contributed by atoms with Crippen LogP contribution >= 0.6 is 0 Å². The molecule has 1 heterocycles. The molecular formula is C15H15FN2O2. The summed E-state index contributed by atoms with van der Waals surface area (Å²) in [6.07, 6.45) is 2.93. The predicted molar refractivity (Wildman–Crippen MR) is 70.8 cm³/mol. The second kappa shape index (κ2) is 4.44. The fourth-order valence-corrected chi connectivity index (χ4v) is 3.16. The van der Waals surface area contributed by atoms with Gasteiger partial charge in [0.05, 0.1) is 12.8 Å². The standard InChI is InChI=1S/C15H15FN2O2/c1-9-10(4-3-5-12(9)16)15(14(19)20-2)7-6-13-11(15)8-17-18-13/h3-5,8H,6-7H2,1-2H3,(H,17,18). The van der Waals surface area contributed by atoms with Crippen molar-refractivity contribution in [3.8, 4) is 0 Å². The Morgan fingerprint density at radius 2 is 2.25 bits per heavy atom. The Morgan fingerprint density at radius 1 is 1.45 bits per heavy atom. The van der Waals surface area contributed by atoms with E-state index >= 15 is 0 Å². The smallest absolute Gasteiger partial charge is 0.320 e. The van der Waals surface area contributed by atoms with Gasteiger partial charge in [0.15, 0.2) is 0 Å². The van der Waals surface area contributed by atoms with Gasteiger partial charge in [0.1, 0.15) is 11.2 Å². The molecule has 0 radical (unpaired) electrons. The molecule has 0 bridgehead atoms. The van der Waals surface area contributed by atoms with E-state index in [0.29, 0.717) is 24.0 Å². The highest BCUT2D eigenvalue weighted by atomic mass is 19.1. The summed E-state index contributed by atoms with van der Waals surface area (Å²) in [6.45, 7) is 1.69. The van der Waals surface area contributed by atoms with Gasteiger partial charge in [0, 0.05) is 11.8 Å². The van der Waals surface area contributed by atoms with Gasteiger partial charge in [-0.25, -0.2) is 4.39 Å². The molecule has 104 valence electrons. The fourth-order valence-electron chi connectivity index (χ4n) is 3.16. The number of methoxy groups -OCH3 is 1. The minimum Gasteiger partial charge on any atom is -0.468 e. The zero-order chi connectivity index (χ0) is 14.3. The van der Waals surface area contributed by atoms with E-state index in [1.165, 1.54) is 13.2 Å². The number of aromatic nitrogens is 2. The molecule has 3 rings (SSSR count). The van der Waals surface area contributed by atoms with E-state index in [1.807, 2.05) is 0 Å². The summed E-state index contributed by atoms with van der Waals surface area (Å²) in [5.41, 5.74) is 1.82. The van der Waals surface area contributed by atoms with Gasteiger partial charge in [-0.1, -0.05) is 12.1 Å². The van der Waals surface area contributed by atoms with Crippen molar-refractivity contribution in [2.75, 3.05) is 7.11 Å². The molecule has 0 amide bonds. The SMILES string of the molecule is COC(=O)C1(c2cccc(F)c2C)CCc2n[nH]cc21. The maximum absolute atomic E-state index is 13.9. The van der Waals surface area contributed by atoms with Crippen LogP contribution < -0.4 is 0 Å². The number of H-pyrrole nitrogens is 1. The summed E-state index contributed by atoms with van der Waals surface area (Å²) in [5.74, 6) is -0.686. The number of aromatic amines is 1. The second-order valence-corrected chi connectivity index (χ2v) is 5.05. The Kier molecular flexibility index (Phi) is 2.85. The lowest BCUT2D eigenvalue weighted by Gasteiger charge is -2.28. The molecule has 0 fully saturated rings. The van der Waals surface area contributed by atoms with Gasteiger partial charge in [0.25, 0.3) is 0 Å². The number of benzene rings is 1. The Balaban J connectivity index is 2.29. The highest BCUT2D eigenvalue weighted by Gasteiger charge is 2.50. The molecule has 1 aromatic heterocycles. The van der Waals surface area contributed by atoms with Crippen LogP contribution in [0.2, 0.25) is 0 Å². The van der Waals surface area contributed by atoms with Crippen LogP contribution in [0.15, 0.2) is 24.4 Å². The van der Waals surface area contributed by atoms with Crippen molar-refractivity contribution >= 4 is 5.97 Å². The van der Waals surface area contributed by atoms with Crippen LogP contribution in [0, 0.1) is 12.7 Å². The summed E-state index contributed by atoms with van der Waals surface area (Å²) >= 11 is 0. The molecule has 5 heteroatoms. The molecule has 0 saturated heterocycles. The molecule has 0 aliphatic heterocycles. The average Bonchev–Trinajstić information content (AvgIpc) is 3.03. The Hall–Kier alpha value is -2.17. The first-order valence-corrected chi connectivity index (χ1v) is 6.48. The van der Waals surface area contributed by atoms with Crippen LogP contribution in [0.4, 0.5) is 4.39 Å². The molecule has 4 nitrogen and oxygen atoms in total.